The largest absolute Gasteiger partial charge is 0.461 e. The Hall–Kier alpha value is -3.07. The van der Waals surface area contributed by atoms with E-state index in [2.05, 4.69) is 4.72 Å². The van der Waals surface area contributed by atoms with Crippen LogP contribution in [0.5, 0.6) is 5.75 Å². The molecule has 0 amide bonds. The third-order valence-electron chi connectivity index (χ3n) is 6.22. The first-order valence-corrected chi connectivity index (χ1v) is 13.0. The summed E-state index contributed by atoms with van der Waals surface area (Å²) in [6.07, 6.45) is -11.3. The minimum Gasteiger partial charge on any atom is -0.461 e. The predicted octanol–water partition coefficient (Wildman–Crippen LogP) is 1.82. The Morgan fingerprint density at radius 3 is 2.34 bits per heavy atom. The number of ether oxygens (including phenoxy) is 2. The first kappa shape index (κ1) is 28.0. The zero-order chi connectivity index (χ0) is 27.8. The van der Waals surface area contributed by atoms with Crippen molar-refractivity contribution in [1.29, 1.82) is 0 Å². The van der Waals surface area contributed by atoms with Crippen molar-refractivity contribution >= 4 is 32.2 Å². The molecule has 0 saturated carbocycles. The number of anilines is 2. The number of aliphatic hydroxyl groups is 4. The number of sulfonamides is 1. The van der Waals surface area contributed by atoms with Gasteiger partial charge in [-0.2, -0.15) is 0 Å². The molecule has 0 aliphatic carbocycles. The van der Waals surface area contributed by atoms with Crippen molar-refractivity contribution in [2.24, 2.45) is 0 Å². The van der Waals surface area contributed by atoms with Gasteiger partial charge in [0.2, 0.25) is 6.29 Å². The van der Waals surface area contributed by atoms with Crippen molar-refractivity contribution in [3.05, 3.63) is 60.2 Å². The molecule has 1 aliphatic heterocycles. The van der Waals surface area contributed by atoms with Gasteiger partial charge < -0.3 is 34.8 Å². The van der Waals surface area contributed by atoms with Crippen molar-refractivity contribution in [2.75, 3.05) is 30.3 Å². The molecule has 1 fully saturated rings. The second kappa shape index (κ2) is 11.0. The normalized spacial score (nSPS) is 24.0. The third-order valence-corrected chi connectivity index (χ3v) is 7.66. The summed E-state index contributed by atoms with van der Waals surface area (Å²) in [5.41, 5.74) is -0.0774. The lowest BCUT2D eigenvalue weighted by atomic mass is 9.99. The standard InChI is InChI=1S/C25H28F2N2O8S/c1-29(2)17-7-3-6-15-14(17)5-4-8-20(15)38(34,35)28-13-9-10-18(16(11-13)24(26)27)36-25-23(33)22(32)21(31)19(12-30)37-25/h3-11,19,21-25,28,30-33H,12H2,1-2H3/t19-,21+,22+,23-,25-/m1/s1. The Balaban J connectivity index is 1.64. The van der Waals surface area contributed by atoms with Gasteiger partial charge in [-0.25, -0.2) is 17.2 Å². The van der Waals surface area contributed by atoms with E-state index in [1.165, 1.54) is 12.1 Å². The second-order valence-electron chi connectivity index (χ2n) is 9.00. The zero-order valence-corrected chi connectivity index (χ0v) is 21.2. The monoisotopic (exact) mass is 554 g/mol. The fourth-order valence-electron chi connectivity index (χ4n) is 4.28. The number of aliphatic hydroxyl groups excluding tert-OH is 4. The number of halogens is 2. The number of hydrogen-bond acceptors (Lipinski definition) is 9. The van der Waals surface area contributed by atoms with E-state index in [1.54, 1.807) is 24.3 Å². The van der Waals surface area contributed by atoms with Gasteiger partial charge in [0.1, 0.15) is 30.2 Å². The average molecular weight is 555 g/mol. The summed E-state index contributed by atoms with van der Waals surface area (Å²) in [6.45, 7) is -0.725. The van der Waals surface area contributed by atoms with Crippen LogP contribution in [0.3, 0.4) is 0 Å². The maximum Gasteiger partial charge on any atom is 0.267 e. The van der Waals surface area contributed by atoms with Gasteiger partial charge in [0.15, 0.2) is 0 Å². The summed E-state index contributed by atoms with van der Waals surface area (Å²) in [5.74, 6) is -0.451. The van der Waals surface area contributed by atoms with Gasteiger partial charge in [0.05, 0.1) is 17.1 Å². The minimum atomic E-state index is -4.21. The lowest BCUT2D eigenvalue weighted by Crippen LogP contribution is -2.60. The zero-order valence-electron chi connectivity index (χ0n) is 20.4. The summed E-state index contributed by atoms with van der Waals surface area (Å²) in [7, 11) is -0.551. The van der Waals surface area contributed by atoms with Gasteiger partial charge in [0.25, 0.3) is 16.4 Å². The molecule has 0 unspecified atom stereocenters. The fourth-order valence-corrected chi connectivity index (χ4v) is 5.55. The summed E-state index contributed by atoms with van der Waals surface area (Å²) < 4.78 is 67.3. The number of rotatable bonds is 8. The summed E-state index contributed by atoms with van der Waals surface area (Å²) in [5, 5.41) is 40.4. The lowest BCUT2D eigenvalue weighted by molar-refractivity contribution is -0.277. The summed E-state index contributed by atoms with van der Waals surface area (Å²) >= 11 is 0. The second-order valence-corrected chi connectivity index (χ2v) is 10.6. The smallest absolute Gasteiger partial charge is 0.267 e. The van der Waals surface area contributed by atoms with Crippen molar-refractivity contribution in [3.8, 4) is 5.75 Å². The van der Waals surface area contributed by atoms with Crippen molar-refractivity contribution in [3.63, 3.8) is 0 Å². The summed E-state index contributed by atoms with van der Waals surface area (Å²) in [4.78, 5) is 1.80. The molecule has 0 spiro atoms. The molecule has 0 radical (unpaired) electrons. The molecule has 10 nitrogen and oxygen atoms in total. The highest BCUT2D eigenvalue weighted by Gasteiger charge is 2.45. The highest BCUT2D eigenvalue weighted by molar-refractivity contribution is 7.93. The molecule has 1 heterocycles. The van der Waals surface area contributed by atoms with Gasteiger partial charge in [-0.1, -0.05) is 24.3 Å². The lowest BCUT2D eigenvalue weighted by Gasteiger charge is -2.39. The Labute approximate surface area is 217 Å². The van der Waals surface area contributed by atoms with Crippen molar-refractivity contribution < 1.29 is 47.1 Å². The van der Waals surface area contributed by atoms with Gasteiger partial charge >= 0.3 is 0 Å². The van der Waals surface area contributed by atoms with E-state index in [4.69, 9.17) is 9.47 Å². The molecular weight excluding hydrogens is 526 g/mol. The van der Waals surface area contributed by atoms with Crippen LogP contribution in [0.15, 0.2) is 59.5 Å². The molecule has 1 aliphatic rings. The van der Waals surface area contributed by atoms with Crippen LogP contribution in [0.4, 0.5) is 20.2 Å². The van der Waals surface area contributed by atoms with Crippen LogP contribution >= 0.6 is 0 Å². The molecule has 5 N–H and O–H groups in total. The van der Waals surface area contributed by atoms with Gasteiger partial charge in [0, 0.05) is 36.2 Å². The van der Waals surface area contributed by atoms with Gasteiger partial charge in [-0.05, 0) is 30.3 Å². The molecule has 0 aromatic heterocycles. The third kappa shape index (κ3) is 5.39. The minimum absolute atomic E-state index is 0.0426. The first-order valence-electron chi connectivity index (χ1n) is 11.6. The van der Waals surface area contributed by atoms with Crippen LogP contribution in [0.2, 0.25) is 0 Å². The number of nitrogens with zero attached hydrogens (tertiary/aromatic N) is 1. The molecule has 4 rings (SSSR count). The van der Waals surface area contributed by atoms with E-state index in [9.17, 15) is 37.6 Å². The van der Waals surface area contributed by atoms with Gasteiger partial charge in [-0.15, -0.1) is 0 Å². The maximum atomic E-state index is 13.9. The van der Waals surface area contributed by atoms with Gasteiger partial charge in [-0.3, -0.25) is 4.72 Å². The number of nitrogens with one attached hydrogen (secondary N) is 1. The van der Waals surface area contributed by atoms with E-state index < -0.39 is 65.1 Å². The number of hydrogen-bond donors (Lipinski definition) is 5. The predicted molar refractivity (Wildman–Crippen MR) is 135 cm³/mol. The molecule has 3 aromatic carbocycles. The quantitative estimate of drug-likeness (QED) is 0.281. The topological polar surface area (TPSA) is 149 Å². The molecule has 3 aromatic rings. The first-order chi connectivity index (χ1) is 17.9. The van der Waals surface area contributed by atoms with E-state index in [0.717, 1.165) is 17.8 Å². The van der Waals surface area contributed by atoms with E-state index in [-0.39, 0.29) is 10.6 Å². The Bertz CT molecular complexity index is 1400. The van der Waals surface area contributed by atoms with E-state index in [0.29, 0.717) is 10.8 Å². The van der Waals surface area contributed by atoms with Crippen LogP contribution in [0.1, 0.15) is 12.0 Å². The molecule has 206 valence electrons. The Morgan fingerprint density at radius 2 is 1.68 bits per heavy atom. The van der Waals surface area contributed by atoms with Crippen LogP contribution in [-0.4, -0.2) is 80.3 Å². The Morgan fingerprint density at radius 1 is 1.00 bits per heavy atom. The van der Waals surface area contributed by atoms with Crippen molar-refractivity contribution in [2.45, 2.75) is 42.0 Å². The maximum absolute atomic E-state index is 13.9. The fraction of sp³-hybridized carbons (Fsp3) is 0.360. The average Bonchev–Trinajstić information content (AvgIpc) is 2.88. The summed E-state index contributed by atoms with van der Waals surface area (Å²) in [6, 6.07) is 13.1. The van der Waals surface area contributed by atoms with E-state index in [1.807, 2.05) is 25.1 Å². The van der Waals surface area contributed by atoms with Crippen molar-refractivity contribution in [1.82, 2.24) is 0 Å². The molecule has 13 heteroatoms. The Kier molecular flexibility index (Phi) is 8.06. The molecular formula is C25H28F2N2O8S. The molecule has 5 atom stereocenters. The number of alkyl halides is 2. The molecule has 38 heavy (non-hydrogen) atoms. The number of benzene rings is 3. The van der Waals surface area contributed by atoms with Crippen LogP contribution in [-0.2, 0) is 14.8 Å². The number of fused-ring (bicyclic) bond motifs is 1. The molecule has 1 saturated heterocycles. The highest BCUT2D eigenvalue weighted by atomic mass is 32.2. The van der Waals surface area contributed by atoms with Crippen LogP contribution in [0, 0.1) is 0 Å². The van der Waals surface area contributed by atoms with Crippen LogP contribution in [0.25, 0.3) is 10.8 Å². The highest BCUT2D eigenvalue weighted by Crippen LogP contribution is 2.36. The SMILES string of the molecule is CN(C)c1cccc2c(S(=O)(=O)Nc3ccc(O[C@@H]4O[C@H](CO)[C@H](O)[C@H](O)[C@H]4O)c(C(F)F)c3)cccc12. The van der Waals surface area contributed by atoms with Crippen LogP contribution < -0.4 is 14.4 Å². The molecule has 0 bridgehead atoms. The van der Waals surface area contributed by atoms with E-state index >= 15 is 0 Å².